The lowest BCUT2D eigenvalue weighted by atomic mass is 10.3. The Morgan fingerprint density at radius 3 is 2.79 bits per heavy atom. The summed E-state index contributed by atoms with van der Waals surface area (Å²) >= 11 is 0. The topological polar surface area (TPSA) is 30.2 Å². The molecule has 0 saturated heterocycles. The Balaban J connectivity index is 3.18. The van der Waals surface area contributed by atoms with Crippen LogP contribution in [-0.4, -0.2) is 15.5 Å². The van der Waals surface area contributed by atoms with Gasteiger partial charge in [0.15, 0.2) is 5.82 Å². The van der Waals surface area contributed by atoms with Gasteiger partial charge >= 0.3 is 0 Å². The fourth-order valence-corrected chi connectivity index (χ4v) is 1.17. The quantitative estimate of drug-likeness (QED) is 0.675. The summed E-state index contributed by atoms with van der Waals surface area (Å²) in [5.74, 6) is 0.928. The van der Waals surface area contributed by atoms with Crippen molar-refractivity contribution in [1.82, 2.24) is 9.78 Å². The molecular formula is C11H17N3. The van der Waals surface area contributed by atoms with Crippen LogP contribution >= 0.6 is 0 Å². The number of aliphatic imine (C=N–C) groups is 1. The third-order valence-corrected chi connectivity index (χ3v) is 2.01. The molecule has 3 nitrogen and oxygen atoms in total. The highest BCUT2D eigenvalue weighted by atomic mass is 15.3. The van der Waals surface area contributed by atoms with Crippen LogP contribution in [0.2, 0.25) is 0 Å². The second-order valence-electron chi connectivity index (χ2n) is 3.65. The predicted octanol–water partition coefficient (Wildman–Crippen LogP) is 3.05. The first-order valence-corrected chi connectivity index (χ1v) is 4.78. The summed E-state index contributed by atoms with van der Waals surface area (Å²) in [5, 5.41) is 4.28. The third kappa shape index (κ3) is 2.10. The lowest BCUT2D eigenvalue weighted by Gasteiger charge is -2.08. The van der Waals surface area contributed by atoms with Crippen molar-refractivity contribution in [1.29, 1.82) is 0 Å². The molecule has 1 aromatic heterocycles. The maximum Gasteiger partial charge on any atom is 0.153 e. The van der Waals surface area contributed by atoms with Gasteiger partial charge in [-0.05, 0) is 33.8 Å². The Kier molecular flexibility index (Phi) is 3.23. The van der Waals surface area contributed by atoms with E-state index in [2.05, 4.69) is 30.5 Å². The summed E-state index contributed by atoms with van der Waals surface area (Å²) in [6, 6.07) is 0.333. The summed E-state index contributed by atoms with van der Waals surface area (Å²) in [6.45, 7) is 11.8. The number of aryl methyl sites for hydroxylation is 1. The number of nitrogens with zero attached hydrogens (tertiary/aromatic N) is 3. The minimum absolute atomic E-state index is 0.333. The first-order chi connectivity index (χ1) is 6.56. The van der Waals surface area contributed by atoms with Crippen LogP contribution in [0.3, 0.4) is 0 Å². The average molecular weight is 191 g/mol. The van der Waals surface area contributed by atoms with Gasteiger partial charge in [0.1, 0.15) is 0 Å². The van der Waals surface area contributed by atoms with Gasteiger partial charge in [-0.25, -0.2) is 9.67 Å². The molecule has 0 aromatic carbocycles. The number of aromatic nitrogens is 2. The first kappa shape index (κ1) is 10.7. The largest absolute Gasteiger partial charge is 0.245 e. The molecule has 0 saturated carbocycles. The average Bonchev–Trinajstić information content (AvgIpc) is 2.48. The molecular weight excluding hydrogens is 174 g/mol. The van der Waals surface area contributed by atoms with Crippen LogP contribution in [0.15, 0.2) is 23.8 Å². The molecule has 0 aliphatic heterocycles. The molecule has 1 aromatic rings. The second-order valence-corrected chi connectivity index (χ2v) is 3.65. The first-order valence-electron chi connectivity index (χ1n) is 4.78. The smallest absolute Gasteiger partial charge is 0.153 e. The van der Waals surface area contributed by atoms with E-state index in [1.807, 2.05) is 24.7 Å². The standard InChI is InChI=1S/C11H17N3/c1-6-10(5)13-11-9(4)7-12-14(11)8(2)3/h6-8H,1H2,2-5H3. The van der Waals surface area contributed by atoms with Gasteiger partial charge in [-0.1, -0.05) is 6.58 Å². The van der Waals surface area contributed by atoms with E-state index >= 15 is 0 Å². The van der Waals surface area contributed by atoms with Crippen LogP contribution in [0.4, 0.5) is 5.82 Å². The van der Waals surface area contributed by atoms with E-state index in [4.69, 9.17) is 0 Å². The van der Waals surface area contributed by atoms with Crippen LogP contribution in [-0.2, 0) is 0 Å². The van der Waals surface area contributed by atoms with Crippen molar-refractivity contribution in [2.24, 2.45) is 4.99 Å². The highest BCUT2D eigenvalue weighted by molar-refractivity contribution is 5.94. The van der Waals surface area contributed by atoms with E-state index in [1.165, 1.54) is 0 Å². The van der Waals surface area contributed by atoms with Crippen LogP contribution in [0, 0.1) is 6.92 Å². The Morgan fingerprint density at radius 2 is 2.29 bits per heavy atom. The van der Waals surface area contributed by atoms with E-state index in [-0.39, 0.29) is 0 Å². The maximum atomic E-state index is 4.46. The normalized spacial score (nSPS) is 12.2. The number of hydrogen-bond acceptors (Lipinski definition) is 2. The van der Waals surface area contributed by atoms with Crippen molar-refractivity contribution < 1.29 is 0 Å². The lowest BCUT2D eigenvalue weighted by Crippen LogP contribution is -2.02. The molecule has 0 spiro atoms. The van der Waals surface area contributed by atoms with Crippen LogP contribution in [0.5, 0.6) is 0 Å². The molecule has 0 radical (unpaired) electrons. The molecule has 0 N–H and O–H groups in total. The van der Waals surface area contributed by atoms with Gasteiger partial charge in [0.25, 0.3) is 0 Å². The Labute approximate surface area is 85.2 Å². The highest BCUT2D eigenvalue weighted by Gasteiger charge is 2.08. The molecule has 76 valence electrons. The van der Waals surface area contributed by atoms with Crippen molar-refractivity contribution in [3.05, 3.63) is 24.4 Å². The number of allylic oxidation sites excluding steroid dienone is 1. The molecule has 0 bridgehead atoms. The fourth-order valence-electron chi connectivity index (χ4n) is 1.17. The van der Waals surface area contributed by atoms with Crippen LogP contribution in [0.25, 0.3) is 0 Å². The van der Waals surface area contributed by atoms with Gasteiger partial charge < -0.3 is 0 Å². The molecule has 0 aliphatic rings. The fraction of sp³-hybridized carbons (Fsp3) is 0.455. The molecule has 0 atom stereocenters. The predicted molar refractivity (Wildman–Crippen MR) is 60.3 cm³/mol. The second kappa shape index (κ2) is 4.22. The SMILES string of the molecule is C=CC(C)=Nc1c(C)cnn1C(C)C. The zero-order valence-electron chi connectivity index (χ0n) is 9.28. The molecule has 14 heavy (non-hydrogen) atoms. The van der Waals surface area contributed by atoms with Crippen LogP contribution in [0.1, 0.15) is 32.4 Å². The summed E-state index contributed by atoms with van der Waals surface area (Å²) in [6.07, 6.45) is 3.59. The number of hydrogen-bond donors (Lipinski definition) is 0. The monoisotopic (exact) mass is 191 g/mol. The molecule has 1 rings (SSSR count). The third-order valence-electron chi connectivity index (χ3n) is 2.01. The van der Waals surface area contributed by atoms with E-state index in [1.54, 1.807) is 6.08 Å². The summed E-state index contributed by atoms with van der Waals surface area (Å²) in [7, 11) is 0. The lowest BCUT2D eigenvalue weighted by molar-refractivity contribution is 0.537. The minimum atomic E-state index is 0.333. The van der Waals surface area contributed by atoms with Crippen molar-refractivity contribution >= 4 is 11.5 Å². The summed E-state index contributed by atoms with van der Waals surface area (Å²) in [5.41, 5.74) is 2.01. The molecule has 0 unspecified atom stereocenters. The Morgan fingerprint density at radius 1 is 1.64 bits per heavy atom. The minimum Gasteiger partial charge on any atom is -0.245 e. The molecule has 0 fully saturated rings. The molecule has 3 heteroatoms. The Bertz CT molecular complexity index is 359. The molecule has 1 heterocycles. The van der Waals surface area contributed by atoms with Gasteiger partial charge in [0, 0.05) is 17.3 Å². The van der Waals surface area contributed by atoms with Crippen molar-refractivity contribution in [2.75, 3.05) is 0 Å². The van der Waals surface area contributed by atoms with Gasteiger partial charge in [-0.15, -0.1) is 0 Å². The van der Waals surface area contributed by atoms with Gasteiger partial charge in [-0.2, -0.15) is 5.10 Å². The number of rotatable bonds is 3. The zero-order valence-corrected chi connectivity index (χ0v) is 9.28. The maximum absolute atomic E-state index is 4.46. The zero-order chi connectivity index (χ0) is 10.7. The summed E-state index contributed by atoms with van der Waals surface area (Å²) < 4.78 is 1.92. The van der Waals surface area contributed by atoms with E-state index in [0.29, 0.717) is 6.04 Å². The Hall–Kier alpha value is -1.38. The van der Waals surface area contributed by atoms with Gasteiger partial charge in [-0.3, -0.25) is 0 Å². The highest BCUT2D eigenvalue weighted by Crippen LogP contribution is 2.21. The van der Waals surface area contributed by atoms with Crippen molar-refractivity contribution in [2.45, 2.75) is 33.7 Å². The van der Waals surface area contributed by atoms with Crippen molar-refractivity contribution in [3.8, 4) is 0 Å². The van der Waals surface area contributed by atoms with E-state index < -0.39 is 0 Å². The summed E-state index contributed by atoms with van der Waals surface area (Å²) in [4.78, 5) is 4.46. The van der Waals surface area contributed by atoms with Gasteiger partial charge in [0.05, 0.1) is 6.20 Å². The molecule has 0 aliphatic carbocycles. The van der Waals surface area contributed by atoms with Crippen LogP contribution < -0.4 is 0 Å². The van der Waals surface area contributed by atoms with Crippen molar-refractivity contribution in [3.63, 3.8) is 0 Å². The molecule has 0 amide bonds. The van der Waals surface area contributed by atoms with E-state index in [0.717, 1.165) is 17.1 Å². The van der Waals surface area contributed by atoms with Gasteiger partial charge in [0.2, 0.25) is 0 Å². The van der Waals surface area contributed by atoms with E-state index in [9.17, 15) is 0 Å².